The Labute approximate surface area is 230 Å². The van der Waals surface area contributed by atoms with E-state index in [1.54, 1.807) is 4.90 Å². The number of piperidine rings is 1. The van der Waals surface area contributed by atoms with E-state index in [0.29, 0.717) is 49.2 Å². The predicted octanol–water partition coefficient (Wildman–Crippen LogP) is 2.30. The van der Waals surface area contributed by atoms with Gasteiger partial charge in [0, 0.05) is 25.2 Å². The molecule has 218 valence electrons. The van der Waals surface area contributed by atoms with Gasteiger partial charge in [-0.1, -0.05) is 46.5 Å². The minimum Gasteiger partial charge on any atom is -0.490 e. The zero-order valence-electron chi connectivity index (χ0n) is 23.6. The van der Waals surface area contributed by atoms with Gasteiger partial charge in [-0.3, -0.25) is 24.4 Å². The topological polar surface area (TPSA) is 141 Å². The average Bonchev–Trinajstić information content (AvgIpc) is 3.42. The van der Waals surface area contributed by atoms with Crippen molar-refractivity contribution in [2.45, 2.75) is 84.3 Å². The minimum absolute atomic E-state index is 0.0950. The molecule has 1 aromatic rings. The molecule has 1 unspecified atom stereocenters. The van der Waals surface area contributed by atoms with Crippen LogP contribution in [-0.4, -0.2) is 72.2 Å². The molecule has 2 aliphatic rings. The van der Waals surface area contributed by atoms with Crippen LogP contribution in [-0.2, 0) is 20.9 Å². The molecule has 2 fully saturated rings. The second-order valence-electron chi connectivity index (χ2n) is 11.9. The first-order valence-electron chi connectivity index (χ1n) is 13.9. The van der Waals surface area contributed by atoms with Crippen LogP contribution in [0.2, 0.25) is 0 Å². The molecule has 1 saturated carbocycles. The smallest absolute Gasteiger partial charge is 0.245 e. The summed E-state index contributed by atoms with van der Waals surface area (Å²) >= 11 is 0. The molecule has 3 rings (SSSR count). The van der Waals surface area contributed by atoms with Crippen molar-refractivity contribution in [3.05, 3.63) is 28.3 Å². The van der Waals surface area contributed by atoms with Gasteiger partial charge in [0.1, 0.15) is 18.1 Å². The number of amides is 3. The first-order chi connectivity index (χ1) is 18.5. The van der Waals surface area contributed by atoms with Crippen molar-refractivity contribution in [1.29, 1.82) is 0 Å². The van der Waals surface area contributed by atoms with Crippen LogP contribution in [0.5, 0.6) is 5.75 Å². The zero-order valence-corrected chi connectivity index (χ0v) is 23.6. The van der Waals surface area contributed by atoms with E-state index in [0.717, 1.165) is 38.5 Å². The Kier molecular flexibility index (Phi) is 10.9. The molecule has 1 aromatic heterocycles. The third kappa shape index (κ3) is 8.79. The number of hydrogen-bond donors (Lipinski definition) is 3. The molecule has 2 heterocycles. The number of nitrogens with zero attached hydrogens (tertiary/aromatic N) is 2. The molecule has 0 spiro atoms. The maximum atomic E-state index is 13.6. The fourth-order valence-electron chi connectivity index (χ4n) is 5.50. The number of ether oxygens (including phenoxy) is 1. The molecule has 39 heavy (non-hydrogen) atoms. The number of rotatable bonds is 12. The van der Waals surface area contributed by atoms with E-state index >= 15 is 0 Å². The van der Waals surface area contributed by atoms with Gasteiger partial charge < -0.3 is 24.7 Å². The summed E-state index contributed by atoms with van der Waals surface area (Å²) in [5.74, 6) is 0.0159. The molecule has 1 aliphatic carbocycles. The summed E-state index contributed by atoms with van der Waals surface area (Å²) in [5, 5.41) is 16.7. The quantitative estimate of drug-likeness (QED) is 0.205. The van der Waals surface area contributed by atoms with Gasteiger partial charge in [0.25, 0.3) is 0 Å². The lowest BCUT2D eigenvalue weighted by Gasteiger charge is -2.39. The molecule has 1 saturated heterocycles. The molecular weight excluding hydrogens is 504 g/mol. The molecule has 3 N–H and O–H groups in total. The maximum absolute atomic E-state index is 13.6. The summed E-state index contributed by atoms with van der Waals surface area (Å²) in [5.41, 5.74) is -0.769. The van der Waals surface area contributed by atoms with Crippen LogP contribution in [0.4, 0.5) is 0 Å². The van der Waals surface area contributed by atoms with Crippen LogP contribution >= 0.6 is 0 Å². The maximum Gasteiger partial charge on any atom is 0.245 e. The van der Waals surface area contributed by atoms with Crippen LogP contribution in [0, 0.1) is 17.3 Å². The molecule has 11 nitrogen and oxygen atoms in total. The van der Waals surface area contributed by atoms with E-state index in [-0.39, 0.29) is 35.6 Å². The van der Waals surface area contributed by atoms with E-state index in [9.17, 15) is 24.4 Å². The van der Waals surface area contributed by atoms with E-state index in [4.69, 9.17) is 9.15 Å². The van der Waals surface area contributed by atoms with Crippen molar-refractivity contribution in [3.8, 4) is 5.75 Å². The first-order valence-corrected chi connectivity index (χ1v) is 13.9. The highest BCUT2D eigenvalue weighted by Gasteiger charge is 2.38. The van der Waals surface area contributed by atoms with Crippen LogP contribution in [0.3, 0.4) is 0 Å². The van der Waals surface area contributed by atoms with Gasteiger partial charge in [-0.2, -0.15) is 0 Å². The Hall–Kier alpha value is -2.92. The monoisotopic (exact) mass is 548 g/mol. The summed E-state index contributed by atoms with van der Waals surface area (Å²) in [6, 6.07) is 0.822. The predicted molar refractivity (Wildman–Crippen MR) is 144 cm³/mol. The van der Waals surface area contributed by atoms with E-state index < -0.39 is 17.4 Å². The highest BCUT2D eigenvalue weighted by atomic mass is 16.5. The van der Waals surface area contributed by atoms with Gasteiger partial charge >= 0.3 is 0 Å². The van der Waals surface area contributed by atoms with Crippen molar-refractivity contribution >= 4 is 18.2 Å². The third-order valence-corrected chi connectivity index (χ3v) is 7.84. The number of nitrogens with one attached hydrogen (secondary N) is 2. The number of hydroxylamine groups is 2. The highest BCUT2D eigenvalue weighted by molar-refractivity contribution is 5.89. The summed E-state index contributed by atoms with van der Waals surface area (Å²) in [7, 11) is 1.42. The molecule has 11 heteroatoms. The summed E-state index contributed by atoms with van der Waals surface area (Å²) < 4.78 is 10.4. The lowest BCUT2D eigenvalue weighted by molar-refractivity contribution is -0.156. The molecule has 0 radical (unpaired) electrons. The molecule has 0 bridgehead atoms. The number of likely N-dealkylation sites (tertiary alicyclic amines) is 1. The summed E-state index contributed by atoms with van der Waals surface area (Å²) in [6.07, 6.45) is 7.94. The molecule has 3 amide bonds. The van der Waals surface area contributed by atoms with E-state index in [1.165, 1.54) is 19.4 Å². The van der Waals surface area contributed by atoms with Gasteiger partial charge in [0.15, 0.2) is 0 Å². The second kappa shape index (κ2) is 13.9. The average molecular weight is 549 g/mol. The zero-order chi connectivity index (χ0) is 28.6. The Morgan fingerprint density at radius 2 is 1.90 bits per heavy atom. The SMILES string of the molecule is COc1coc(CNC2CCN(C(=O)[C@@H](NC(=O)C(CC3CCCC3)CN(O)C=O)C(C)(C)C)CC2)cc1=O. The minimum atomic E-state index is -0.738. The third-order valence-electron chi connectivity index (χ3n) is 7.84. The fraction of sp³-hybridized carbons (Fsp3) is 0.714. The second-order valence-corrected chi connectivity index (χ2v) is 11.9. The largest absolute Gasteiger partial charge is 0.490 e. The number of methoxy groups -OCH3 is 1. The van der Waals surface area contributed by atoms with Crippen LogP contribution in [0.15, 0.2) is 21.5 Å². The first kappa shape index (κ1) is 30.6. The van der Waals surface area contributed by atoms with Crippen molar-refractivity contribution in [1.82, 2.24) is 20.6 Å². The molecule has 0 aromatic carbocycles. The Morgan fingerprint density at radius 3 is 2.46 bits per heavy atom. The highest BCUT2D eigenvalue weighted by Crippen LogP contribution is 2.31. The van der Waals surface area contributed by atoms with Crippen molar-refractivity contribution in [2.24, 2.45) is 17.3 Å². The summed E-state index contributed by atoms with van der Waals surface area (Å²) in [6.45, 7) is 7.12. The van der Waals surface area contributed by atoms with E-state index in [2.05, 4.69) is 10.6 Å². The fourth-order valence-corrected chi connectivity index (χ4v) is 5.50. The standard InChI is InChI=1S/C28H44N4O7/c1-28(2,3)25(30-26(35)20(16-32(37)18-33)13-19-7-5-6-8-19)27(36)31-11-9-21(10-12-31)29-15-22-14-23(34)24(38-4)17-39-22/h14,17-21,25,29,37H,5-13,15-16H2,1-4H3,(H,30,35)/t20?,25-/m1/s1. The normalized spacial score (nSPS) is 18.4. The summed E-state index contributed by atoms with van der Waals surface area (Å²) in [4.78, 5) is 51.8. The lowest BCUT2D eigenvalue weighted by atomic mass is 9.84. The number of carbonyl (C=O) groups is 3. The van der Waals surface area contributed by atoms with Crippen molar-refractivity contribution in [3.63, 3.8) is 0 Å². The van der Waals surface area contributed by atoms with Gasteiger partial charge in [-0.25, -0.2) is 5.06 Å². The molecule has 2 atom stereocenters. The Balaban J connectivity index is 1.58. The molecular formula is C28H44N4O7. The lowest BCUT2D eigenvalue weighted by Crippen LogP contribution is -2.58. The van der Waals surface area contributed by atoms with Crippen LogP contribution in [0.1, 0.15) is 71.5 Å². The Morgan fingerprint density at radius 1 is 1.23 bits per heavy atom. The van der Waals surface area contributed by atoms with Crippen molar-refractivity contribution < 1.29 is 28.7 Å². The van der Waals surface area contributed by atoms with Crippen LogP contribution in [0.25, 0.3) is 0 Å². The number of carbonyl (C=O) groups excluding carboxylic acids is 3. The van der Waals surface area contributed by atoms with Crippen LogP contribution < -0.4 is 20.8 Å². The van der Waals surface area contributed by atoms with Crippen molar-refractivity contribution in [2.75, 3.05) is 26.7 Å². The van der Waals surface area contributed by atoms with Gasteiger partial charge in [-0.05, 0) is 30.6 Å². The Bertz CT molecular complexity index is 1020. The number of hydrogen-bond acceptors (Lipinski definition) is 8. The van der Waals surface area contributed by atoms with E-state index in [1.807, 2.05) is 20.8 Å². The van der Waals surface area contributed by atoms with Gasteiger partial charge in [-0.15, -0.1) is 0 Å². The van der Waals surface area contributed by atoms with Gasteiger partial charge in [0.2, 0.25) is 29.4 Å². The van der Waals surface area contributed by atoms with Gasteiger partial charge in [0.05, 0.1) is 26.1 Å². The molecule has 1 aliphatic heterocycles.